The van der Waals surface area contributed by atoms with Crippen LogP contribution in [0.4, 0.5) is 0 Å². The van der Waals surface area contributed by atoms with Crippen molar-refractivity contribution in [2.24, 2.45) is 0 Å². The molecule has 0 aliphatic carbocycles. The summed E-state index contributed by atoms with van der Waals surface area (Å²) in [6, 6.07) is 1.97. The third-order valence-electron chi connectivity index (χ3n) is 2.32. The molecule has 0 N–H and O–H groups in total. The summed E-state index contributed by atoms with van der Waals surface area (Å²) in [7, 11) is 0. The number of unbranched alkanes of at least 4 members (excludes halogenated alkanes) is 3. The van der Waals surface area contributed by atoms with E-state index in [2.05, 4.69) is 70.6 Å². The lowest BCUT2D eigenvalue weighted by Gasteiger charge is -2.11. The van der Waals surface area contributed by atoms with Crippen LogP contribution in [0.1, 0.15) is 32.6 Å². The van der Waals surface area contributed by atoms with Gasteiger partial charge in [-0.25, -0.2) is 0 Å². The summed E-state index contributed by atoms with van der Waals surface area (Å²) < 4.78 is 9.66. The average molecular weight is 494 g/mol. The Morgan fingerprint density at radius 3 is 2.29 bits per heavy atom. The Bertz CT molecular complexity index is 379. The second-order valence-electron chi connectivity index (χ2n) is 3.71. The summed E-state index contributed by atoms with van der Waals surface area (Å²) >= 11 is 14.0. The molecule has 0 bridgehead atoms. The molecule has 1 aromatic rings. The minimum atomic E-state index is 0.763. The first kappa shape index (κ1) is 16.0. The highest BCUT2D eigenvalue weighted by molar-refractivity contribution is 9.15. The fourth-order valence-corrected chi connectivity index (χ4v) is 3.45. The van der Waals surface area contributed by atoms with Crippen LogP contribution in [0.5, 0.6) is 5.75 Å². The molecule has 0 spiro atoms. The van der Waals surface area contributed by atoms with Crippen molar-refractivity contribution in [1.29, 1.82) is 0 Å². The Kier molecular flexibility index (Phi) is 7.70. The average Bonchev–Trinajstić information content (AvgIpc) is 2.32. The Balaban J connectivity index is 2.60. The van der Waals surface area contributed by atoms with Crippen molar-refractivity contribution < 1.29 is 4.74 Å². The summed E-state index contributed by atoms with van der Waals surface area (Å²) in [6.45, 7) is 2.97. The van der Waals surface area contributed by atoms with Gasteiger partial charge in [0.2, 0.25) is 0 Å². The summed E-state index contributed by atoms with van der Waals surface area (Å²) in [5.41, 5.74) is 0. The molecule has 0 heterocycles. The van der Waals surface area contributed by atoms with Crippen LogP contribution in [0.3, 0.4) is 0 Å². The van der Waals surface area contributed by atoms with E-state index in [1.807, 2.05) is 6.07 Å². The number of ether oxygens (including phenoxy) is 1. The van der Waals surface area contributed by atoms with Crippen molar-refractivity contribution in [3.8, 4) is 5.75 Å². The molecule has 96 valence electrons. The standard InChI is InChI=1S/C12H14Br4O/c1-2-3-4-5-6-17-9-7-8(13)10(14)12(16)11(9)15/h7H,2-6H2,1H3. The Morgan fingerprint density at radius 2 is 1.65 bits per heavy atom. The molecule has 1 aromatic carbocycles. The first-order chi connectivity index (χ1) is 8.07. The normalized spacial score (nSPS) is 10.6. The van der Waals surface area contributed by atoms with Gasteiger partial charge in [0.25, 0.3) is 0 Å². The van der Waals surface area contributed by atoms with E-state index in [9.17, 15) is 0 Å². The van der Waals surface area contributed by atoms with Crippen molar-refractivity contribution in [1.82, 2.24) is 0 Å². The lowest BCUT2D eigenvalue weighted by molar-refractivity contribution is 0.303. The van der Waals surface area contributed by atoms with E-state index in [4.69, 9.17) is 4.74 Å². The van der Waals surface area contributed by atoms with E-state index < -0.39 is 0 Å². The van der Waals surface area contributed by atoms with Crippen molar-refractivity contribution >= 4 is 63.7 Å². The van der Waals surface area contributed by atoms with Crippen LogP contribution in [-0.2, 0) is 0 Å². The highest BCUT2D eigenvalue weighted by atomic mass is 79.9. The second kappa shape index (κ2) is 8.18. The van der Waals surface area contributed by atoms with Gasteiger partial charge >= 0.3 is 0 Å². The minimum absolute atomic E-state index is 0.763. The van der Waals surface area contributed by atoms with E-state index in [1.54, 1.807) is 0 Å². The van der Waals surface area contributed by atoms with Crippen LogP contribution in [0, 0.1) is 0 Å². The Hall–Kier alpha value is 0.940. The van der Waals surface area contributed by atoms with Gasteiger partial charge in [0.1, 0.15) is 5.75 Å². The number of halogens is 4. The van der Waals surface area contributed by atoms with Crippen molar-refractivity contribution in [2.75, 3.05) is 6.61 Å². The predicted molar refractivity (Wildman–Crippen MR) is 86.9 cm³/mol. The summed E-state index contributed by atoms with van der Waals surface area (Å²) in [6.07, 6.45) is 4.86. The van der Waals surface area contributed by atoms with Gasteiger partial charge in [0.15, 0.2) is 0 Å². The maximum Gasteiger partial charge on any atom is 0.135 e. The number of benzene rings is 1. The molecular formula is C12H14Br4O. The van der Waals surface area contributed by atoms with E-state index in [0.29, 0.717) is 0 Å². The number of hydrogen-bond acceptors (Lipinski definition) is 1. The van der Waals surface area contributed by atoms with Crippen molar-refractivity contribution in [3.05, 3.63) is 24.0 Å². The Labute approximate surface area is 136 Å². The molecule has 0 aromatic heterocycles. The Morgan fingerprint density at radius 1 is 0.941 bits per heavy atom. The zero-order valence-corrected chi connectivity index (χ0v) is 15.9. The van der Waals surface area contributed by atoms with Gasteiger partial charge in [0.05, 0.1) is 15.6 Å². The van der Waals surface area contributed by atoms with Gasteiger partial charge in [-0.3, -0.25) is 0 Å². The molecule has 0 unspecified atom stereocenters. The minimum Gasteiger partial charge on any atom is -0.492 e. The van der Waals surface area contributed by atoms with Crippen LogP contribution in [-0.4, -0.2) is 6.61 Å². The van der Waals surface area contributed by atoms with Crippen LogP contribution >= 0.6 is 63.7 Å². The van der Waals surface area contributed by atoms with Crippen LogP contribution in [0.25, 0.3) is 0 Å². The molecule has 0 fully saturated rings. The van der Waals surface area contributed by atoms with Crippen LogP contribution < -0.4 is 4.74 Å². The van der Waals surface area contributed by atoms with Gasteiger partial charge in [-0.15, -0.1) is 0 Å². The monoisotopic (exact) mass is 490 g/mol. The predicted octanol–water partition coefficient (Wildman–Crippen LogP) is 6.70. The molecule has 5 heteroatoms. The molecule has 0 saturated carbocycles. The zero-order chi connectivity index (χ0) is 12.8. The molecular weight excluding hydrogens is 480 g/mol. The highest BCUT2D eigenvalue weighted by Crippen LogP contribution is 2.42. The zero-order valence-electron chi connectivity index (χ0n) is 9.53. The summed E-state index contributed by atoms with van der Waals surface area (Å²) in [5.74, 6) is 0.864. The molecule has 0 aliphatic rings. The first-order valence-electron chi connectivity index (χ1n) is 5.53. The molecule has 0 amide bonds. The topological polar surface area (TPSA) is 9.23 Å². The maximum absolute atomic E-state index is 5.77. The highest BCUT2D eigenvalue weighted by Gasteiger charge is 2.12. The van der Waals surface area contributed by atoms with E-state index in [1.165, 1.54) is 19.3 Å². The third kappa shape index (κ3) is 4.84. The summed E-state index contributed by atoms with van der Waals surface area (Å²) in [4.78, 5) is 0. The molecule has 17 heavy (non-hydrogen) atoms. The molecule has 0 saturated heterocycles. The van der Waals surface area contributed by atoms with Gasteiger partial charge in [-0.05, 0) is 76.2 Å². The van der Waals surface area contributed by atoms with Crippen molar-refractivity contribution in [2.45, 2.75) is 32.6 Å². The van der Waals surface area contributed by atoms with Gasteiger partial charge in [-0.2, -0.15) is 0 Å². The molecule has 1 rings (SSSR count). The van der Waals surface area contributed by atoms with E-state index in [-0.39, 0.29) is 0 Å². The quantitative estimate of drug-likeness (QED) is 0.243. The van der Waals surface area contributed by atoms with Gasteiger partial charge in [-0.1, -0.05) is 26.2 Å². The maximum atomic E-state index is 5.77. The first-order valence-corrected chi connectivity index (χ1v) is 8.71. The number of hydrogen-bond donors (Lipinski definition) is 0. The van der Waals surface area contributed by atoms with Gasteiger partial charge in [0, 0.05) is 8.95 Å². The summed E-state index contributed by atoms with van der Waals surface area (Å²) in [5, 5.41) is 0. The third-order valence-corrected chi connectivity index (χ3v) is 6.95. The molecule has 1 nitrogen and oxygen atoms in total. The number of rotatable bonds is 6. The largest absolute Gasteiger partial charge is 0.492 e. The smallest absolute Gasteiger partial charge is 0.135 e. The van der Waals surface area contributed by atoms with E-state index in [0.717, 1.165) is 36.7 Å². The second-order valence-corrected chi connectivity index (χ2v) is 6.94. The fraction of sp³-hybridized carbons (Fsp3) is 0.500. The van der Waals surface area contributed by atoms with Crippen LogP contribution in [0.2, 0.25) is 0 Å². The fourth-order valence-electron chi connectivity index (χ4n) is 1.37. The van der Waals surface area contributed by atoms with E-state index >= 15 is 0 Å². The SMILES string of the molecule is CCCCCCOc1cc(Br)c(Br)c(Br)c1Br. The van der Waals surface area contributed by atoms with Gasteiger partial charge < -0.3 is 4.74 Å². The van der Waals surface area contributed by atoms with Crippen LogP contribution in [0.15, 0.2) is 24.0 Å². The lowest BCUT2D eigenvalue weighted by atomic mass is 10.2. The van der Waals surface area contributed by atoms with Crippen molar-refractivity contribution in [3.63, 3.8) is 0 Å². The molecule has 0 radical (unpaired) electrons. The molecule has 0 aliphatic heterocycles. The molecule has 0 atom stereocenters. The lowest BCUT2D eigenvalue weighted by Crippen LogP contribution is -1.98.